The molecule has 3 atom stereocenters. The predicted molar refractivity (Wildman–Crippen MR) is 134 cm³/mol. The van der Waals surface area contributed by atoms with Gasteiger partial charge in [0.25, 0.3) is 5.91 Å². The van der Waals surface area contributed by atoms with Crippen molar-refractivity contribution in [3.8, 4) is 0 Å². The number of hydrogen-bond donors (Lipinski definition) is 2. The number of thioether (sulfide) groups is 1. The van der Waals surface area contributed by atoms with Crippen LogP contribution in [0.1, 0.15) is 52.3 Å². The number of nitrogens with one attached hydrogen (secondary N) is 2. The van der Waals surface area contributed by atoms with Crippen LogP contribution in [-0.4, -0.2) is 38.4 Å². The van der Waals surface area contributed by atoms with Gasteiger partial charge >= 0.3 is 0 Å². The summed E-state index contributed by atoms with van der Waals surface area (Å²) in [4.78, 5) is 46.0. The Balaban J connectivity index is 1.40. The molecule has 0 radical (unpaired) electrons. The summed E-state index contributed by atoms with van der Waals surface area (Å²) < 4.78 is -0.535. The first kappa shape index (κ1) is 23.1. The number of amides is 3. The minimum atomic E-state index is -0.898. The number of fused-ring (bicyclic) bond motifs is 3. The average molecular weight is 487 g/mol. The van der Waals surface area contributed by atoms with E-state index < -0.39 is 16.8 Å². The van der Waals surface area contributed by atoms with Crippen LogP contribution in [0.4, 0.5) is 0 Å². The largest absolute Gasteiger partial charge is 0.350 e. The van der Waals surface area contributed by atoms with Gasteiger partial charge in [-0.2, -0.15) is 0 Å². The smallest absolute Gasteiger partial charge is 0.256 e. The average Bonchev–Trinajstić information content (AvgIpc) is 3.30. The quantitative estimate of drug-likeness (QED) is 0.556. The highest BCUT2D eigenvalue weighted by molar-refractivity contribution is 8.01. The lowest BCUT2D eigenvalue weighted by atomic mass is 9.99. The molecule has 2 N–H and O–H groups in total. The highest BCUT2D eigenvalue weighted by Gasteiger charge is 2.57. The predicted octanol–water partition coefficient (Wildman–Crippen LogP) is 3.60. The van der Waals surface area contributed by atoms with Crippen LogP contribution in [0.5, 0.6) is 0 Å². The van der Waals surface area contributed by atoms with Gasteiger partial charge in [0.05, 0.1) is 0 Å². The number of pyridine rings is 1. The summed E-state index contributed by atoms with van der Waals surface area (Å²) in [6, 6.07) is 18.7. The van der Waals surface area contributed by atoms with Crippen molar-refractivity contribution in [2.75, 3.05) is 0 Å². The molecule has 3 aromatic rings. The second-order valence-electron chi connectivity index (χ2n) is 9.20. The van der Waals surface area contributed by atoms with E-state index in [-0.39, 0.29) is 23.1 Å². The fraction of sp³-hybridized carbons (Fsp3) is 0.259. The Morgan fingerprint density at radius 1 is 1.03 bits per heavy atom. The van der Waals surface area contributed by atoms with E-state index in [2.05, 4.69) is 15.6 Å². The van der Waals surface area contributed by atoms with Gasteiger partial charge in [0.2, 0.25) is 11.8 Å². The second kappa shape index (κ2) is 9.19. The molecule has 0 spiro atoms. The molecule has 1 saturated heterocycles. The number of benzene rings is 2. The van der Waals surface area contributed by atoms with Gasteiger partial charge in [0.1, 0.15) is 17.5 Å². The molecule has 0 aliphatic carbocycles. The van der Waals surface area contributed by atoms with Crippen LogP contribution >= 0.6 is 11.8 Å². The van der Waals surface area contributed by atoms with Crippen molar-refractivity contribution in [3.63, 3.8) is 0 Å². The van der Waals surface area contributed by atoms with Gasteiger partial charge in [0.15, 0.2) is 0 Å². The zero-order valence-electron chi connectivity index (χ0n) is 19.5. The van der Waals surface area contributed by atoms with Gasteiger partial charge in [-0.15, -0.1) is 11.8 Å². The molecule has 2 aromatic carbocycles. The van der Waals surface area contributed by atoms with Crippen molar-refractivity contribution in [2.24, 2.45) is 0 Å². The standard InChI is InChI=1S/C27H26N4O3S/c1-27(2)22(31-25(34)19-10-6-7-11-20(19)26(31)35-27)24(33)30-21(18-8-4-3-5-9-18)23(32)29-16-17-12-14-28-15-13-17/h3-15,21-22,26H,16H2,1-2H3,(H,29,32)(H,30,33)/t21-,22+,26?/m0/s1. The van der Waals surface area contributed by atoms with E-state index in [9.17, 15) is 14.4 Å². The van der Waals surface area contributed by atoms with Crippen molar-refractivity contribution < 1.29 is 14.4 Å². The van der Waals surface area contributed by atoms with Crippen molar-refractivity contribution >= 4 is 29.5 Å². The Labute approximate surface area is 208 Å². The molecule has 178 valence electrons. The summed E-state index contributed by atoms with van der Waals surface area (Å²) in [7, 11) is 0. The van der Waals surface area contributed by atoms with E-state index in [1.165, 1.54) is 0 Å². The highest BCUT2D eigenvalue weighted by atomic mass is 32.2. The van der Waals surface area contributed by atoms with Crippen molar-refractivity contribution in [1.29, 1.82) is 0 Å². The Morgan fingerprint density at radius 3 is 2.46 bits per heavy atom. The summed E-state index contributed by atoms with van der Waals surface area (Å²) in [6.07, 6.45) is 3.33. The molecule has 7 nitrogen and oxygen atoms in total. The minimum Gasteiger partial charge on any atom is -0.350 e. The minimum absolute atomic E-state index is 0.151. The number of nitrogens with zero attached hydrogens (tertiary/aromatic N) is 2. The molecule has 3 amide bonds. The zero-order chi connectivity index (χ0) is 24.6. The molecule has 3 heterocycles. The Morgan fingerprint density at radius 2 is 1.71 bits per heavy atom. The monoisotopic (exact) mass is 486 g/mol. The van der Waals surface area contributed by atoms with Gasteiger partial charge in [-0.25, -0.2) is 0 Å². The first-order valence-electron chi connectivity index (χ1n) is 11.5. The van der Waals surface area contributed by atoms with E-state index in [0.29, 0.717) is 17.7 Å². The van der Waals surface area contributed by atoms with Crippen LogP contribution < -0.4 is 10.6 Å². The maximum absolute atomic E-state index is 13.8. The van der Waals surface area contributed by atoms with Crippen LogP contribution in [0.3, 0.4) is 0 Å². The van der Waals surface area contributed by atoms with Gasteiger partial charge in [-0.3, -0.25) is 19.4 Å². The molecule has 0 saturated carbocycles. The molecule has 1 unspecified atom stereocenters. The van der Waals surface area contributed by atoms with Crippen LogP contribution in [0.2, 0.25) is 0 Å². The lowest BCUT2D eigenvalue weighted by Gasteiger charge is -2.31. The van der Waals surface area contributed by atoms with E-state index in [1.807, 2.05) is 74.5 Å². The SMILES string of the molecule is CC1(C)SC2c3ccccc3C(=O)N2[C@@H]1C(=O)N[C@H](C(=O)NCc1ccncc1)c1ccccc1. The van der Waals surface area contributed by atoms with Crippen molar-refractivity contribution in [2.45, 2.75) is 42.6 Å². The van der Waals surface area contributed by atoms with Gasteiger partial charge < -0.3 is 15.5 Å². The zero-order valence-corrected chi connectivity index (χ0v) is 20.3. The van der Waals surface area contributed by atoms with E-state index in [0.717, 1.165) is 11.1 Å². The molecule has 1 fully saturated rings. The summed E-state index contributed by atoms with van der Waals surface area (Å²) in [5.41, 5.74) is 3.14. The number of rotatable bonds is 6. The Kier molecular flexibility index (Phi) is 6.06. The molecule has 35 heavy (non-hydrogen) atoms. The Hall–Kier alpha value is -3.65. The molecule has 2 aliphatic rings. The van der Waals surface area contributed by atoms with Crippen LogP contribution in [0.15, 0.2) is 79.1 Å². The second-order valence-corrected chi connectivity index (χ2v) is 10.9. The summed E-state index contributed by atoms with van der Waals surface area (Å²) in [6.45, 7) is 4.25. The molecule has 1 aromatic heterocycles. The third-order valence-electron chi connectivity index (χ3n) is 6.44. The first-order chi connectivity index (χ1) is 16.9. The normalized spacial score (nSPS) is 20.6. The molecule has 5 rings (SSSR count). The van der Waals surface area contributed by atoms with E-state index in [4.69, 9.17) is 0 Å². The number of aromatic nitrogens is 1. The van der Waals surface area contributed by atoms with Crippen LogP contribution in [0, 0.1) is 0 Å². The van der Waals surface area contributed by atoms with Crippen molar-refractivity contribution in [1.82, 2.24) is 20.5 Å². The number of carbonyl (C=O) groups is 3. The van der Waals surface area contributed by atoms with E-state index >= 15 is 0 Å². The Bertz CT molecular complexity index is 1270. The maximum Gasteiger partial charge on any atom is 0.256 e. The summed E-state index contributed by atoms with van der Waals surface area (Å²) in [5.74, 6) is -0.821. The number of carbonyl (C=O) groups excluding carboxylic acids is 3. The molecular formula is C27H26N4O3S. The molecule has 2 aliphatic heterocycles. The van der Waals surface area contributed by atoms with Crippen LogP contribution in [0.25, 0.3) is 0 Å². The molecule has 8 heteroatoms. The van der Waals surface area contributed by atoms with Gasteiger partial charge in [-0.05, 0) is 48.7 Å². The summed E-state index contributed by atoms with van der Waals surface area (Å²) in [5, 5.41) is 5.65. The molecule has 0 bridgehead atoms. The van der Waals surface area contributed by atoms with Crippen molar-refractivity contribution in [3.05, 3.63) is 101 Å². The van der Waals surface area contributed by atoms with Crippen LogP contribution in [-0.2, 0) is 16.1 Å². The topological polar surface area (TPSA) is 91.4 Å². The molecular weight excluding hydrogens is 460 g/mol. The lowest BCUT2D eigenvalue weighted by Crippen LogP contribution is -2.54. The van der Waals surface area contributed by atoms with Gasteiger partial charge in [-0.1, -0.05) is 48.5 Å². The van der Waals surface area contributed by atoms with Gasteiger partial charge in [0, 0.05) is 29.2 Å². The lowest BCUT2D eigenvalue weighted by molar-refractivity contribution is -0.132. The maximum atomic E-state index is 13.8. The third-order valence-corrected chi connectivity index (χ3v) is 7.98. The fourth-order valence-electron chi connectivity index (χ4n) is 4.76. The van der Waals surface area contributed by atoms with E-state index in [1.54, 1.807) is 35.1 Å². The summed E-state index contributed by atoms with van der Waals surface area (Å²) >= 11 is 1.60. The number of hydrogen-bond acceptors (Lipinski definition) is 5. The first-order valence-corrected chi connectivity index (χ1v) is 12.4. The fourth-order valence-corrected chi connectivity index (χ4v) is 6.35. The third kappa shape index (κ3) is 4.30. The highest BCUT2D eigenvalue weighted by Crippen LogP contribution is 2.56.